The Morgan fingerprint density at radius 2 is 1.96 bits per heavy atom. The van der Waals surface area contributed by atoms with E-state index in [4.69, 9.17) is 10.5 Å². The van der Waals surface area contributed by atoms with E-state index in [1.165, 1.54) is 0 Å². The van der Waals surface area contributed by atoms with Gasteiger partial charge in [-0.05, 0) is 42.7 Å². The van der Waals surface area contributed by atoms with Gasteiger partial charge in [-0.2, -0.15) is 13.2 Å². The van der Waals surface area contributed by atoms with Crippen molar-refractivity contribution >= 4 is 17.5 Å². The number of pyridine rings is 1. The van der Waals surface area contributed by atoms with E-state index < -0.39 is 11.7 Å². The maximum atomic E-state index is 12.7. The van der Waals surface area contributed by atoms with Gasteiger partial charge in [-0.15, -0.1) is 0 Å². The Labute approximate surface area is 142 Å². The highest BCUT2D eigenvalue weighted by Crippen LogP contribution is 2.30. The summed E-state index contributed by atoms with van der Waals surface area (Å²) in [5.41, 5.74) is 6.50. The maximum absolute atomic E-state index is 12.7. The molecule has 1 aliphatic heterocycles. The normalized spacial score (nSPS) is 17.1. The lowest BCUT2D eigenvalue weighted by atomic mass is 10.1. The summed E-state index contributed by atoms with van der Waals surface area (Å²) in [7, 11) is 0. The van der Waals surface area contributed by atoms with Gasteiger partial charge in [-0.25, -0.2) is 9.98 Å². The van der Waals surface area contributed by atoms with Gasteiger partial charge in [-0.1, -0.05) is 12.1 Å². The van der Waals surface area contributed by atoms with Gasteiger partial charge in [0.25, 0.3) is 6.02 Å². The first-order valence-corrected chi connectivity index (χ1v) is 7.75. The van der Waals surface area contributed by atoms with Crippen LogP contribution in [0.5, 0.6) is 0 Å². The minimum atomic E-state index is -4.39. The van der Waals surface area contributed by atoms with Crippen LogP contribution < -0.4 is 11.1 Å². The standard InChI is InChI=1S/C17H17F3N4O/c18-17(19,20)12-7-8-22-15(9-12)23-13-4-1-11(2-5-13)3-6-14-10-25-16(21)24-14/h1-2,4-5,7-9,14H,3,6,10H2,(H2,21,24)(H,22,23)/t14-/m0/s1. The highest BCUT2D eigenvalue weighted by atomic mass is 19.4. The first kappa shape index (κ1) is 17.1. The molecule has 0 saturated carbocycles. The Morgan fingerprint density at radius 1 is 1.20 bits per heavy atom. The Bertz CT molecular complexity index is 759. The minimum absolute atomic E-state index is 0.0760. The van der Waals surface area contributed by atoms with Gasteiger partial charge in [-0.3, -0.25) is 0 Å². The molecule has 1 atom stereocenters. The fraction of sp³-hybridized carbons (Fsp3) is 0.294. The number of halogens is 3. The van der Waals surface area contributed by atoms with E-state index in [2.05, 4.69) is 15.3 Å². The second kappa shape index (κ2) is 7.00. The molecule has 2 heterocycles. The fourth-order valence-corrected chi connectivity index (χ4v) is 2.50. The SMILES string of the molecule is NC1=N[C@@H](CCc2ccc(Nc3cc(C(F)(F)F)ccn3)cc2)CO1. The maximum Gasteiger partial charge on any atom is 0.416 e. The number of hydrogen-bond donors (Lipinski definition) is 2. The van der Waals surface area contributed by atoms with E-state index in [0.717, 1.165) is 36.7 Å². The number of aliphatic imine (C=N–C) groups is 1. The summed E-state index contributed by atoms with van der Waals surface area (Å²) >= 11 is 0. The second-order valence-corrected chi connectivity index (χ2v) is 5.72. The third-order valence-corrected chi connectivity index (χ3v) is 3.81. The van der Waals surface area contributed by atoms with Crippen LogP contribution in [0.15, 0.2) is 47.6 Å². The van der Waals surface area contributed by atoms with Crippen molar-refractivity contribution in [2.75, 3.05) is 11.9 Å². The lowest BCUT2D eigenvalue weighted by Crippen LogP contribution is -2.10. The molecule has 0 spiro atoms. The summed E-state index contributed by atoms with van der Waals surface area (Å²) in [6, 6.07) is 9.68. The summed E-state index contributed by atoms with van der Waals surface area (Å²) in [5, 5.41) is 2.88. The van der Waals surface area contributed by atoms with E-state index in [9.17, 15) is 13.2 Å². The molecular formula is C17H17F3N4O. The Balaban J connectivity index is 1.59. The van der Waals surface area contributed by atoms with Gasteiger partial charge in [0.05, 0.1) is 11.6 Å². The van der Waals surface area contributed by atoms with E-state index in [-0.39, 0.29) is 17.9 Å². The summed E-state index contributed by atoms with van der Waals surface area (Å²) in [6.07, 6.45) is -1.62. The average molecular weight is 350 g/mol. The number of aryl methyl sites for hydroxylation is 1. The van der Waals surface area contributed by atoms with Crippen molar-refractivity contribution in [3.8, 4) is 0 Å². The van der Waals surface area contributed by atoms with Crippen molar-refractivity contribution in [1.82, 2.24) is 4.98 Å². The van der Waals surface area contributed by atoms with Crippen LogP contribution in [0, 0.1) is 0 Å². The highest BCUT2D eigenvalue weighted by Gasteiger charge is 2.30. The van der Waals surface area contributed by atoms with E-state index in [0.29, 0.717) is 12.3 Å². The molecule has 25 heavy (non-hydrogen) atoms. The van der Waals surface area contributed by atoms with Crippen LogP contribution in [0.4, 0.5) is 24.7 Å². The van der Waals surface area contributed by atoms with E-state index >= 15 is 0 Å². The zero-order chi connectivity index (χ0) is 17.9. The zero-order valence-electron chi connectivity index (χ0n) is 13.3. The zero-order valence-corrected chi connectivity index (χ0v) is 13.3. The average Bonchev–Trinajstić information content (AvgIpc) is 2.99. The molecule has 0 aliphatic carbocycles. The molecule has 0 saturated heterocycles. The molecule has 0 unspecified atom stereocenters. The molecule has 132 valence electrons. The summed E-state index contributed by atoms with van der Waals surface area (Å²) in [4.78, 5) is 8.08. The van der Waals surface area contributed by atoms with Gasteiger partial charge in [0, 0.05) is 11.9 Å². The van der Waals surface area contributed by atoms with Crippen molar-refractivity contribution in [2.45, 2.75) is 25.1 Å². The smallest absolute Gasteiger partial charge is 0.416 e. The van der Waals surface area contributed by atoms with Crippen molar-refractivity contribution < 1.29 is 17.9 Å². The molecule has 0 amide bonds. The summed E-state index contributed by atoms with van der Waals surface area (Å²) in [5.74, 6) is 0.149. The second-order valence-electron chi connectivity index (χ2n) is 5.72. The van der Waals surface area contributed by atoms with Gasteiger partial charge >= 0.3 is 6.18 Å². The molecule has 2 aromatic rings. The predicted molar refractivity (Wildman–Crippen MR) is 88.6 cm³/mol. The molecule has 5 nitrogen and oxygen atoms in total. The quantitative estimate of drug-likeness (QED) is 0.866. The van der Waals surface area contributed by atoms with Gasteiger partial charge in [0.2, 0.25) is 0 Å². The van der Waals surface area contributed by atoms with E-state index in [1.54, 1.807) is 12.1 Å². The first-order valence-electron chi connectivity index (χ1n) is 7.75. The number of aromatic nitrogens is 1. The monoisotopic (exact) mass is 350 g/mol. The largest absolute Gasteiger partial charge is 0.463 e. The van der Waals surface area contributed by atoms with Crippen LogP contribution in [-0.2, 0) is 17.3 Å². The number of anilines is 2. The van der Waals surface area contributed by atoms with Crippen LogP contribution in [0.25, 0.3) is 0 Å². The Morgan fingerprint density at radius 3 is 2.60 bits per heavy atom. The fourth-order valence-electron chi connectivity index (χ4n) is 2.50. The molecule has 0 bridgehead atoms. The molecule has 3 rings (SSSR count). The number of nitrogens with two attached hydrogens (primary N) is 1. The molecule has 0 radical (unpaired) electrons. The first-order chi connectivity index (χ1) is 11.9. The highest BCUT2D eigenvalue weighted by molar-refractivity contribution is 5.73. The van der Waals surface area contributed by atoms with Gasteiger partial charge in [0.1, 0.15) is 12.4 Å². The van der Waals surface area contributed by atoms with Crippen molar-refractivity contribution in [1.29, 1.82) is 0 Å². The predicted octanol–water partition coefficient (Wildman–Crippen LogP) is 3.49. The molecule has 8 heteroatoms. The van der Waals surface area contributed by atoms with Crippen molar-refractivity contribution in [3.63, 3.8) is 0 Å². The third kappa shape index (κ3) is 4.62. The van der Waals surface area contributed by atoms with Crippen LogP contribution in [0.3, 0.4) is 0 Å². The molecule has 0 fully saturated rings. The molecule has 1 aliphatic rings. The topological polar surface area (TPSA) is 72.5 Å². The number of amidine groups is 1. The van der Waals surface area contributed by atoms with Crippen molar-refractivity contribution in [2.24, 2.45) is 10.7 Å². The van der Waals surface area contributed by atoms with Gasteiger partial charge < -0.3 is 15.8 Å². The van der Waals surface area contributed by atoms with Crippen LogP contribution in [0.2, 0.25) is 0 Å². The number of ether oxygens (including phenoxy) is 1. The Hall–Kier alpha value is -2.77. The van der Waals surface area contributed by atoms with Crippen LogP contribution >= 0.6 is 0 Å². The number of nitrogens with zero attached hydrogens (tertiary/aromatic N) is 2. The number of nitrogens with one attached hydrogen (secondary N) is 1. The molecular weight excluding hydrogens is 333 g/mol. The Kier molecular flexibility index (Phi) is 4.78. The summed E-state index contributed by atoms with van der Waals surface area (Å²) in [6.45, 7) is 0.507. The molecule has 1 aromatic heterocycles. The molecule has 3 N–H and O–H groups in total. The molecule has 1 aromatic carbocycles. The number of alkyl halides is 3. The van der Waals surface area contributed by atoms with Crippen molar-refractivity contribution in [3.05, 3.63) is 53.7 Å². The lowest BCUT2D eigenvalue weighted by molar-refractivity contribution is -0.137. The minimum Gasteiger partial charge on any atom is -0.463 e. The number of rotatable bonds is 5. The van der Waals surface area contributed by atoms with Gasteiger partial charge in [0.15, 0.2) is 0 Å². The number of hydrogen-bond acceptors (Lipinski definition) is 5. The van der Waals surface area contributed by atoms with Crippen LogP contribution in [0.1, 0.15) is 17.5 Å². The van der Waals surface area contributed by atoms with E-state index in [1.807, 2.05) is 12.1 Å². The van der Waals surface area contributed by atoms with Crippen LogP contribution in [-0.4, -0.2) is 23.7 Å². The number of benzene rings is 1. The summed E-state index contributed by atoms with van der Waals surface area (Å²) < 4.78 is 43.2. The third-order valence-electron chi connectivity index (χ3n) is 3.81. The lowest BCUT2D eigenvalue weighted by Gasteiger charge is -2.10.